The molecule has 0 aliphatic heterocycles. The van der Waals surface area contributed by atoms with Gasteiger partial charge in [-0.3, -0.25) is 0 Å². The molecule has 1 N–H and O–H groups in total. The van der Waals surface area contributed by atoms with Crippen LogP contribution >= 0.6 is 0 Å². The van der Waals surface area contributed by atoms with E-state index in [9.17, 15) is 8.42 Å². The normalized spacial score (nSPS) is 20.9. The highest BCUT2D eigenvalue weighted by molar-refractivity contribution is 7.89. The maximum absolute atomic E-state index is 11.7. The van der Waals surface area contributed by atoms with E-state index < -0.39 is 10.0 Å². The molecule has 1 aliphatic carbocycles. The fourth-order valence-corrected chi connectivity index (χ4v) is 3.24. The zero-order chi connectivity index (χ0) is 10.8. The van der Waals surface area contributed by atoms with Gasteiger partial charge in [0.25, 0.3) is 0 Å². The van der Waals surface area contributed by atoms with Crippen LogP contribution in [0.15, 0.2) is 0 Å². The molecule has 0 bridgehead atoms. The van der Waals surface area contributed by atoms with E-state index in [4.69, 9.17) is 5.11 Å². The molecular weight excluding hydrogens is 202 g/mol. The Morgan fingerprint density at radius 2 is 2.07 bits per heavy atom. The second-order valence-electron chi connectivity index (χ2n) is 4.12. The van der Waals surface area contributed by atoms with Gasteiger partial charge in [0.2, 0.25) is 10.0 Å². The highest BCUT2D eigenvalue weighted by Crippen LogP contribution is 2.28. The number of rotatable bonds is 5. The number of hydrogen-bond donors (Lipinski definition) is 1. The van der Waals surface area contributed by atoms with Crippen molar-refractivity contribution in [3.63, 3.8) is 0 Å². The van der Waals surface area contributed by atoms with Crippen molar-refractivity contribution in [3.05, 3.63) is 0 Å². The number of aliphatic hydroxyl groups excluding tert-OH is 1. The summed E-state index contributed by atoms with van der Waals surface area (Å²) in [6.07, 6.45) is 3.21. The molecule has 0 radical (unpaired) electrons. The van der Waals surface area contributed by atoms with Crippen LogP contribution in [-0.4, -0.2) is 43.3 Å². The summed E-state index contributed by atoms with van der Waals surface area (Å²) in [4.78, 5) is 0. The lowest BCUT2D eigenvalue weighted by Crippen LogP contribution is -2.41. The zero-order valence-electron chi connectivity index (χ0n) is 8.81. The number of nitrogens with zero attached hydrogens (tertiary/aromatic N) is 1. The van der Waals surface area contributed by atoms with E-state index in [1.807, 2.05) is 0 Å². The van der Waals surface area contributed by atoms with Crippen LogP contribution in [0, 0.1) is 5.92 Å². The number of sulfonamides is 1. The van der Waals surface area contributed by atoms with Gasteiger partial charge in [0.15, 0.2) is 0 Å². The van der Waals surface area contributed by atoms with E-state index in [-0.39, 0.29) is 18.4 Å². The Labute approximate surface area is 86.0 Å². The third-order valence-corrected chi connectivity index (χ3v) is 5.12. The molecule has 1 atom stereocenters. The van der Waals surface area contributed by atoms with Crippen molar-refractivity contribution in [1.82, 2.24) is 4.31 Å². The topological polar surface area (TPSA) is 57.6 Å². The summed E-state index contributed by atoms with van der Waals surface area (Å²) in [5.41, 5.74) is 0. The van der Waals surface area contributed by atoms with E-state index in [0.29, 0.717) is 5.92 Å². The van der Waals surface area contributed by atoms with E-state index in [1.165, 1.54) is 11.4 Å². The lowest BCUT2D eigenvalue weighted by Gasteiger charge is -2.29. The lowest BCUT2D eigenvalue weighted by molar-refractivity contribution is 0.212. The molecule has 5 heteroatoms. The largest absolute Gasteiger partial charge is 0.395 e. The van der Waals surface area contributed by atoms with Crippen LogP contribution in [-0.2, 0) is 10.0 Å². The molecule has 4 nitrogen and oxygen atoms in total. The highest BCUT2D eigenvalue weighted by Gasteiger charge is 2.29. The molecular formula is C9H19NO3S. The molecule has 0 aromatic carbocycles. The first-order valence-electron chi connectivity index (χ1n) is 5.04. The maximum atomic E-state index is 11.7. The van der Waals surface area contributed by atoms with Crippen molar-refractivity contribution in [2.24, 2.45) is 5.92 Å². The Bertz CT molecular complexity index is 272. The van der Waals surface area contributed by atoms with Gasteiger partial charge < -0.3 is 5.11 Å². The summed E-state index contributed by atoms with van der Waals surface area (Å²) in [7, 11) is -1.62. The Balaban J connectivity index is 2.54. The van der Waals surface area contributed by atoms with E-state index in [1.54, 1.807) is 6.92 Å². The molecule has 0 saturated heterocycles. The van der Waals surface area contributed by atoms with Crippen LogP contribution < -0.4 is 0 Å². The summed E-state index contributed by atoms with van der Waals surface area (Å²) in [6, 6.07) is -0.319. The van der Waals surface area contributed by atoms with Gasteiger partial charge in [-0.1, -0.05) is 6.42 Å². The first kappa shape index (κ1) is 11.9. The standard InChI is InChI=1S/C9H19NO3S/c1-8(6-11)10(2)14(12,13)7-9-4-3-5-9/h8-9,11H,3-7H2,1-2H3. The first-order valence-corrected chi connectivity index (χ1v) is 6.65. The van der Waals surface area contributed by atoms with Crippen molar-refractivity contribution in [3.8, 4) is 0 Å². The van der Waals surface area contributed by atoms with E-state index in [0.717, 1.165) is 19.3 Å². The van der Waals surface area contributed by atoms with E-state index in [2.05, 4.69) is 0 Å². The molecule has 1 unspecified atom stereocenters. The second-order valence-corrected chi connectivity index (χ2v) is 6.20. The first-order chi connectivity index (χ1) is 6.47. The summed E-state index contributed by atoms with van der Waals surface area (Å²) in [6.45, 7) is 1.58. The van der Waals surface area contributed by atoms with Crippen molar-refractivity contribution in [2.45, 2.75) is 32.2 Å². The zero-order valence-corrected chi connectivity index (χ0v) is 9.63. The molecule has 1 fully saturated rings. The van der Waals surface area contributed by atoms with Crippen LogP contribution in [0.25, 0.3) is 0 Å². The van der Waals surface area contributed by atoms with Crippen LogP contribution in [0.2, 0.25) is 0 Å². The van der Waals surface area contributed by atoms with Gasteiger partial charge in [0.05, 0.1) is 12.4 Å². The van der Waals surface area contributed by atoms with Gasteiger partial charge in [0.1, 0.15) is 0 Å². The van der Waals surface area contributed by atoms with Gasteiger partial charge in [-0.25, -0.2) is 8.42 Å². The third kappa shape index (κ3) is 2.68. The average Bonchev–Trinajstić information content (AvgIpc) is 2.09. The lowest BCUT2D eigenvalue weighted by atomic mass is 9.87. The summed E-state index contributed by atoms with van der Waals surface area (Å²) in [5.74, 6) is 0.585. The predicted octanol–water partition coefficient (Wildman–Crippen LogP) is 0.429. The second kappa shape index (κ2) is 4.59. The van der Waals surface area contributed by atoms with Crippen LogP contribution in [0.3, 0.4) is 0 Å². The quantitative estimate of drug-likeness (QED) is 0.732. The minimum atomic E-state index is -3.16. The number of hydrogen-bond acceptors (Lipinski definition) is 3. The van der Waals surface area contributed by atoms with Gasteiger partial charge in [0, 0.05) is 13.1 Å². The summed E-state index contributed by atoms with van der Waals surface area (Å²) in [5, 5.41) is 8.87. The molecule has 1 aliphatic rings. The molecule has 84 valence electrons. The van der Waals surface area contributed by atoms with Gasteiger partial charge in [-0.05, 0) is 25.7 Å². The minimum absolute atomic E-state index is 0.125. The smallest absolute Gasteiger partial charge is 0.214 e. The Kier molecular flexibility index (Phi) is 3.92. The third-order valence-electron chi connectivity index (χ3n) is 2.99. The molecule has 14 heavy (non-hydrogen) atoms. The van der Waals surface area contributed by atoms with Gasteiger partial charge in [-0.2, -0.15) is 4.31 Å². The molecule has 0 heterocycles. The Morgan fingerprint density at radius 1 is 1.50 bits per heavy atom. The molecule has 1 saturated carbocycles. The maximum Gasteiger partial charge on any atom is 0.214 e. The van der Waals surface area contributed by atoms with Crippen LogP contribution in [0.5, 0.6) is 0 Å². The van der Waals surface area contributed by atoms with Gasteiger partial charge in [-0.15, -0.1) is 0 Å². The molecule has 0 aromatic rings. The minimum Gasteiger partial charge on any atom is -0.395 e. The van der Waals surface area contributed by atoms with Crippen molar-refractivity contribution in [2.75, 3.05) is 19.4 Å². The van der Waals surface area contributed by atoms with Crippen molar-refractivity contribution in [1.29, 1.82) is 0 Å². The molecule has 0 spiro atoms. The Morgan fingerprint density at radius 3 is 2.43 bits per heavy atom. The average molecular weight is 221 g/mol. The van der Waals surface area contributed by atoms with Crippen LogP contribution in [0.1, 0.15) is 26.2 Å². The SMILES string of the molecule is CC(CO)N(C)S(=O)(=O)CC1CCC1. The van der Waals surface area contributed by atoms with Crippen molar-refractivity contribution >= 4 is 10.0 Å². The molecule has 1 rings (SSSR count). The summed E-state index contributed by atoms with van der Waals surface area (Å²) < 4.78 is 24.8. The van der Waals surface area contributed by atoms with Crippen LogP contribution in [0.4, 0.5) is 0 Å². The van der Waals surface area contributed by atoms with Gasteiger partial charge >= 0.3 is 0 Å². The molecule has 0 amide bonds. The fourth-order valence-electron chi connectivity index (χ4n) is 1.46. The Hall–Kier alpha value is -0.130. The monoisotopic (exact) mass is 221 g/mol. The summed E-state index contributed by atoms with van der Waals surface area (Å²) >= 11 is 0. The fraction of sp³-hybridized carbons (Fsp3) is 1.00. The number of likely N-dealkylation sites (N-methyl/N-ethyl adjacent to an activating group) is 1. The highest BCUT2D eigenvalue weighted by atomic mass is 32.2. The molecule has 0 aromatic heterocycles. The van der Waals surface area contributed by atoms with E-state index >= 15 is 0 Å². The predicted molar refractivity (Wildman–Crippen MR) is 55.4 cm³/mol. The van der Waals surface area contributed by atoms with Crippen molar-refractivity contribution < 1.29 is 13.5 Å². The number of aliphatic hydroxyl groups is 1.